The fourth-order valence-corrected chi connectivity index (χ4v) is 3.20. The Labute approximate surface area is 175 Å². The third-order valence-electron chi connectivity index (χ3n) is 4.65. The third kappa shape index (κ3) is 5.44. The summed E-state index contributed by atoms with van der Waals surface area (Å²) < 4.78 is 5.27. The smallest absolute Gasteiger partial charge is 0.244 e. The van der Waals surface area contributed by atoms with Crippen LogP contribution in [0.1, 0.15) is 24.5 Å². The molecule has 2 amide bonds. The number of amides is 2. The highest BCUT2D eigenvalue weighted by molar-refractivity contribution is 6.06. The van der Waals surface area contributed by atoms with E-state index in [1.807, 2.05) is 61.5 Å². The maximum absolute atomic E-state index is 12.3. The lowest BCUT2D eigenvalue weighted by atomic mass is 10.0. The van der Waals surface area contributed by atoms with Gasteiger partial charge in [-0.2, -0.15) is 5.10 Å². The molecule has 0 radical (unpaired) electrons. The monoisotopic (exact) mass is 403 g/mol. The molecule has 6 heteroatoms. The quantitative estimate of drug-likeness (QED) is 0.458. The summed E-state index contributed by atoms with van der Waals surface area (Å²) in [5, 5.41) is 9.02. The van der Waals surface area contributed by atoms with Gasteiger partial charge in [0.25, 0.3) is 0 Å². The van der Waals surface area contributed by atoms with Crippen molar-refractivity contribution in [2.45, 2.75) is 26.7 Å². The van der Waals surface area contributed by atoms with E-state index in [9.17, 15) is 9.59 Å². The first kappa shape index (κ1) is 21.0. The van der Waals surface area contributed by atoms with Gasteiger partial charge in [-0.15, -0.1) is 0 Å². The van der Waals surface area contributed by atoms with Crippen molar-refractivity contribution in [3.63, 3.8) is 0 Å². The van der Waals surface area contributed by atoms with Crippen LogP contribution in [0.2, 0.25) is 0 Å². The molecule has 0 fully saturated rings. The number of carbonyl (C=O) groups excluding carboxylic acids is 2. The number of nitrogens with one attached hydrogen (secondary N) is 2. The number of aryl methyl sites for hydroxylation is 1. The summed E-state index contributed by atoms with van der Waals surface area (Å²) in [5.41, 5.74) is 5.60. The second-order valence-corrected chi connectivity index (χ2v) is 7.13. The topological polar surface area (TPSA) is 79.8 Å². The van der Waals surface area contributed by atoms with Gasteiger partial charge in [-0.05, 0) is 47.9 Å². The Bertz CT molecular complexity index is 1100. The summed E-state index contributed by atoms with van der Waals surface area (Å²) in [6.45, 7) is 3.64. The molecular formula is C24H25N3O3. The van der Waals surface area contributed by atoms with E-state index in [1.54, 1.807) is 20.1 Å². The average Bonchev–Trinajstić information content (AvgIpc) is 2.73. The van der Waals surface area contributed by atoms with Crippen molar-refractivity contribution in [1.82, 2.24) is 5.43 Å². The minimum Gasteiger partial charge on any atom is -0.495 e. The van der Waals surface area contributed by atoms with Gasteiger partial charge in [-0.1, -0.05) is 48.5 Å². The van der Waals surface area contributed by atoms with E-state index in [0.29, 0.717) is 17.1 Å². The molecule has 0 aliphatic rings. The summed E-state index contributed by atoms with van der Waals surface area (Å²) >= 11 is 0. The van der Waals surface area contributed by atoms with E-state index < -0.39 is 0 Å². The number of rotatable bonds is 7. The minimum absolute atomic E-state index is 0.0612. The van der Waals surface area contributed by atoms with Crippen LogP contribution in [0.4, 0.5) is 5.69 Å². The average molecular weight is 403 g/mol. The predicted molar refractivity (Wildman–Crippen MR) is 120 cm³/mol. The van der Waals surface area contributed by atoms with Crippen molar-refractivity contribution in [3.05, 3.63) is 71.8 Å². The Morgan fingerprint density at radius 2 is 1.77 bits per heavy atom. The third-order valence-corrected chi connectivity index (χ3v) is 4.65. The van der Waals surface area contributed by atoms with Crippen LogP contribution >= 0.6 is 0 Å². The Hall–Kier alpha value is -3.67. The lowest BCUT2D eigenvalue weighted by molar-refractivity contribution is -0.120. The number of hydrogen-bond acceptors (Lipinski definition) is 4. The van der Waals surface area contributed by atoms with Gasteiger partial charge in [-0.25, -0.2) is 5.43 Å². The van der Waals surface area contributed by atoms with Crippen LogP contribution in [-0.2, 0) is 16.0 Å². The molecule has 0 saturated heterocycles. The van der Waals surface area contributed by atoms with E-state index in [4.69, 9.17) is 4.74 Å². The minimum atomic E-state index is -0.233. The summed E-state index contributed by atoms with van der Waals surface area (Å²) in [7, 11) is 1.55. The Balaban J connectivity index is 1.57. The highest BCUT2D eigenvalue weighted by atomic mass is 16.5. The van der Waals surface area contributed by atoms with Crippen LogP contribution in [-0.4, -0.2) is 24.6 Å². The van der Waals surface area contributed by atoms with Gasteiger partial charge in [0, 0.05) is 5.71 Å². The fraction of sp³-hybridized carbons (Fsp3) is 0.208. The summed E-state index contributed by atoms with van der Waals surface area (Å²) in [5.74, 6) is 0.127. The second-order valence-electron chi connectivity index (χ2n) is 7.13. The molecule has 0 aliphatic carbocycles. The fourth-order valence-electron chi connectivity index (χ4n) is 3.20. The Morgan fingerprint density at radius 3 is 2.57 bits per heavy atom. The van der Waals surface area contributed by atoms with Gasteiger partial charge in [0.1, 0.15) is 5.75 Å². The van der Waals surface area contributed by atoms with Gasteiger partial charge in [-0.3, -0.25) is 9.59 Å². The number of fused-ring (bicyclic) bond motifs is 1. The molecule has 2 N–H and O–H groups in total. The molecular weight excluding hydrogens is 378 g/mol. The highest BCUT2D eigenvalue weighted by Gasteiger charge is 2.10. The number of benzene rings is 3. The van der Waals surface area contributed by atoms with E-state index in [-0.39, 0.29) is 24.7 Å². The molecule has 0 heterocycles. The van der Waals surface area contributed by atoms with Gasteiger partial charge < -0.3 is 10.1 Å². The summed E-state index contributed by atoms with van der Waals surface area (Å²) in [6.07, 6.45) is 0.274. The van der Waals surface area contributed by atoms with Crippen molar-refractivity contribution >= 4 is 34.0 Å². The first-order chi connectivity index (χ1) is 14.5. The molecule has 6 nitrogen and oxygen atoms in total. The van der Waals surface area contributed by atoms with Crippen LogP contribution < -0.4 is 15.5 Å². The molecule has 3 aromatic carbocycles. The Kier molecular flexibility index (Phi) is 6.80. The number of nitrogens with zero attached hydrogens (tertiary/aromatic N) is 1. The Morgan fingerprint density at radius 1 is 1.00 bits per heavy atom. The molecule has 0 atom stereocenters. The second kappa shape index (κ2) is 9.69. The number of carbonyl (C=O) groups is 2. The van der Waals surface area contributed by atoms with Crippen molar-refractivity contribution in [3.8, 4) is 5.75 Å². The molecule has 3 aromatic rings. The zero-order valence-electron chi connectivity index (χ0n) is 17.4. The van der Waals surface area contributed by atoms with Gasteiger partial charge in [0.05, 0.1) is 25.6 Å². The standard InChI is InChI=1S/C24H25N3O3/c1-16-11-12-22(30-3)21(13-16)25-23(28)14-17(2)26-27-24(29)15-19-9-6-8-18-7-4-5-10-20(18)19/h4-13H,14-15H2,1-3H3,(H,25,28)(H,27,29). The predicted octanol–water partition coefficient (Wildman–Crippen LogP) is 4.22. The van der Waals surface area contributed by atoms with Crippen molar-refractivity contribution in [2.24, 2.45) is 5.10 Å². The highest BCUT2D eigenvalue weighted by Crippen LogP contribution is 2.25. The number of ether oxygens (including phenoxy) is 1. The van der Waals surface area contributed by atoms with Crippen LogP contribution in [0.3, 0.4) is 0 Å². The van der Waals surface area contributed by atoms with Gasteiger partial charge in [0.15, 0.2) is 0 Å². The zero-order valence-corrected chi connectivity index (χ0v) is 17.4. The van der Waals surface area contributed by atoms with Crippen molar-refractivity contribution in [1.29, 1.82) is 0 Å². The van der Waals surface area contributed by atoms with E-state index in [1.165, 1.54) is 0 Å². The molecule has 0 aliphatic heterocycles. The maximum Gasteiger partial charge on any atom is 0.244 e. The van der Waals surface area contributed by atoms with Crippen molar-refractivity contribution < 1.29 is 14.3 Å². The van der Waals surface area contributed by atoms with E-state index in [0.717, 1.165) is 21.9 Å². The molecule has 0 spiro atoms. The zero-order chi connectivity index (χ0) is 21.5. The first-order valence-electron chi connectivity index (χ1n) is 9.69. The molecule has 0 aromatic heterocycles. The largest absolute Gasteiger partial charge is 0.495 e. The van der Waals surface area contributed by atoms with Crippen LogP contribution in [0, 0.1) is 6.92 Å². The number of hydrazone groups is 1. The molecule has 0 unspecified atom stereocenters. The number of methoxy groups -OCH3 is 1. The normalized spacial score (nSPS) is 11.2. The lowest BCUT2D eigenvalue weighted by Gasteiger charge is -2.11. The molecule has 30 heavy (non-hydrogen) atoms. The van der Waals surface area contributed by atoms with Crippen molar-refractivity contribution in [2.75, 3.05) is 12.4 Å². The molecule has 0 bridgehead atoms. The SMILES string of the molecule is COc1ccc(C)cc1NC(=O)CC(C)=NNC(=O)Cc1cccc2ccccc12. The summed E-state index contributed by atoms with van der Waals surface area (Å²) in [4.78, 5) is 24.6. The summed E-state index contributed by atoms with van der Waals surface area (Å²) in [6, 6.07) is 19.4. The van der Waals surface area contributed by atoms with E-state index in [2.05, 4.69) is 15.8 Å². The molecule has 3 rings (SSSR count). The van der Waals surface area contributed by atoms with Crippen LogP contribution in [0.5, 0.6) is 5.75 Å². The molecule has 0 saturated carbocycles. The van der Waals surface area contributed by atoms with E-state index >= 15 is 0 Å². The number of anilines is 1. The maximum atomic E-state index is 12.3. The van der Waals surface area contributed by atoms with Gasteiger partial charge in [0.2, 0.25) is 11.8 Å². The number of hydrogen-bond donors (Lipinski definition) is 2. The molecule has 154 valence electrons. The lowest BCUT2D eigenvalue weighted by Crippen LogP contribution is -2.23. The van der Waals surface area contributed by atoms with Crippen LogP contribution in [0.25, 0.3) is 10.8 Å². The van der Waals surface area contributed by atoms with Crippen LogP contribution in [0.15, 0.2) is 65.8 Å². The van der Waals surface area contributed by atoms with Gasteiger partial charge >= 0.3 is 0 Å². The first-order valence-corrected chi connectivity index (χ1v) is 9.69.